The van der Waals surface area contributed by atoms with Gasteiger partial charge in [0.15, 0.2) is 0 Å². The Balaban J connectivity index is 0.000000696. The standard InChI is InChI=1S/C18H17NO.C6H11N.2C2H6/c1-2-14-13-15-9-5-3-8-12-17(15)19(18(14)20)16-10-6-4-7-11-16;1-4-5-7-6(2)3;2*1-2/h3-7,9-13H,2,8H2,1H3;4-5H,1-3H3;2*1-2H3/b;5-4-;;. The second-order valence-corrected chi connectivity index (χ2v) is 6.43. The molecule has 168 valence electrons. The van der Waals surface area contributed by atoms with E-state index in [4.69, 9.17) is 0 Å². The summed E-state index contributed by atoms with van der Waals surface area (Å²) in [6.45, 7) is 15.9. The first-order valence-corrected chi connectivity index (χ1v) is 11.4. The van der Waals surface area contributed by atoms with Crippen LogP contribution in [0.4, 0.5) is 0 Å². The van der Waals surface area contributed by atoms with Crippen molar-refractivity contribution in [2.24, 2.45) is 4.99 Å². The minimum atomic E-state index is 0.0870. The number of benzene rings is 1. The maximum absolute atomic E-state index is 12.7. The van der Waals surface area contributed by atoms with E-state index in [1.807, 2.05) is 102 Å². The van der Waals surface area contributed by atoms with E-state index in [0.29, 0.717) is 0 Å². The fourth-order valence-corrected chi connectivity index (χ4v) is 2.79. The molecule has 1 aromatic heterocycles. The van der Waals surface area contributed by atoms with Crippen molar-refractivity contribution in [3.63, 3.8) is 0 Å². The number of hydrogen-bond donors (Lipinski definition) is 0. The lowest BCUT2D eigenvalue weighted by Crippen LogP contribution is -2.43. The SMILES string of the molecule is C/C=C\N=C(C)C.CC.CC.CCc1cc2c(n(-c3ccccc3)c1=O)=CCC=CC=2. The number of rotatable bonds is 3. The van der Waals surface area contributed by atoms with Crippen LogP contribution in [0.1, 0.15) is 67.4 Å². The van der Waals surface area contributed by atoms with Crippen LogP contribution >= 0.6 is 0 Å². The third kappa shape index (κ3) is 9.17. The average molecular weight is 421 g/mol. The highest BCUT2D eigenvalue weighted by Gasteiger charge is 2.07. The van der Waals surface area contributed by atoms with Gasteiger partial charge in [0.1, 0.15) is 0 Å². The molecule has 0 saturated carbocycles. The molecule has 1 aromatic carbocycles. The van der Waals surface area contributed by atoms with E-state index >= 15 is 0 Å². The highest BCUT2D eigenvalue weighted by atomic mass is 16.1. The van der Waals surface area contributed by atoms with Crippen LogP contribution in [0.5, 0.6) is 0 Å². The molecule has 0 N–H and O–H groups in total. The van der Waals surface area contributed by atoms with Gasteiger partial charge in [-0.05, 0) is 57.0 Å². The van der Waals surface area contributed by atoms with Crippen LogP contribution in [0.15, 0.2) is 70.6 Å². The number of allylic oxidation sites excluding steroid dienone is 3. The molecule has 0 aliphatic heterocycles. The number of aryl methyl sites for hydroxylation is 1. The van der Waals surface area contributed by atoms with Gasteiger partial charge in [-0.1, -0.05) is 83.2 Å². The number of hydrogen-bond acceptors (Lipinski definition) is 2. The van der Waals surface area contributed by atoms with Gasteiger partial charge in [-0.2, -0.15) is 0 Å². The van der Waals surface area contributed by atoms with E-state index in [0.717, 1.165) is 40.4 Å². The van der Waals surface area contributed by atoms with Gasteiger partial charge >= 0.3 is 0 Å². The number of para-hydroxylation sites is 1. The fourth-order valence-electron chi connectivity index (χ4n) is 2.79. The molecule has 0 bridgehead atoms. The number of fused-ring (bicyclic) bond motifs is 1. The highest BCUT2D eigenvalue weighted by Crippen LogP contribution is 2.02. The molecule has 0 unspecified atom stereocenters. The second kappa shape index (κ2) is 16.8. The van der Waals surface area contributed by atoms with Gasteiger partial charge in [0.2, 0.25) is 0 Å². The lowest BCUT2D eigenvalue weighted by molar-refractivity contribution is 0.895. The van der Waals surface area contributed by atoms with Crippen molar-refractivity contribution in [2.45, 2.75) is 68.2 Å². The maximum Gasteiger partial charge on any atom is 0.258 e. The molecular weight excluding hydrogens is 380 g/mol. The monoisotopic (exact) mass is 420 g/mol. The normalized spacial score (nSPS) is 11.0. The zero-order valence-electron chi connectivity index (χ0n) is 20.6. The zero-order chi connectivity index (χ0) is 23.6. The predicted octanol–water partition coefficient (Wildman–Crippen LogP) is 5.97. The first kappa shape index (κ1) is 28.1. The Morgan fingerprint density at radius 3 is 2.26 bits per heavy atom. The molecule has 0 spiro atoms. The fraction of sp³-hybridized carbons (Fsp3) is 0.357. The number of aromatic nitrogens is 1. The molecule has 1 heterocycles. The minimum absolute atomic E-state index is 0.0870. The Labute approximate surface area is 188 Å². The molecule has 2 aromatic rings. The molecule has 0 amide bonds. The summed E-state index contributed by atoms with van der Waals surface area (Å²) in [6, 6.07) is 11.9. The predicted molar refractivity (Wildman–Crippen MR) is 140 cm³/mol. The smallest absolute Gasteiger partial charge is 0.258 e. The largest absolute Gasteiger partial charge is 0.277 e. The summed E-state index contributed by atoms with van der Waals surface area (Å²) < 4.78 is 1.83. The Morgan fingerprint density at radius 1 is 1.10 bits per heavy atom. The molecule has 0 radical (unpaired) electrons. The molecule has 0 atom stereocenters. The van der Waals surface area contributed by atoms with Crippen molar-refractivity contribution in [1.29, 1.82) is 0 Å². The first-order chi connectivity index (χ1) is 15.1. The average Bonchev–Trinajstić information content (AvgIpc) is 3.06. The molecule has 0 saturated heterocycles. The summed E-state index contributed by atoms with van der Waals surface area (Å²) >= 11 is 0. The van der Waals surface area contributed by atoms with Crippen LogP contribution in [0.3, 0.4) is 0 Å². The van der Waals surface area contributed by atoms with Crippen LogP contribution in [-0.2, 0) is 6.42 Å². The highest BCUT2D eigenvalue weighted by molar-refractivity contribution is 5.79. The van der Waals surface area contributed by atoms with Gasteiger partial charge in [-0.25, -0.2) is 0 Å². The lowest BCUT2D eigenvalue weighted by atomic mass is 10.1. The van der Waals surface area contributed by atoms with Gasteiger partial charge in [0.25, 0.3) is 5.56 Å². The number of aliphatic imine (C=N–C) groups is 1. The molecule has 0 fully saturated rings. The van der Waals surface area contributed by atoms with E-state index < -0.39 is 0 Å². The van der Waals surface area contributed by atoms with Crippen LogP contribution in [0, 0.1) is 0 Å². The van der Waals surface area contributed by atoms with Crippen LogP contribution < -0.4 is 16.1 Å². The Morgan fingerprint density at radius 2 is 1.74 bits per heavy atom. The number of nitrogens with zero attached hydrogens (tertiary/aromatic N) is 2. The molecule has 3 nitrogen and oxygen atoms in total. The molecule has 1 aliphatic carbocycles. The van der Waals surface area contributed by atoms with Crippen molar-refractivity contribution >= 4 is 17.9 Å². The van der Waals surface area contributed by atoms with Crippen molar-refractivity contribution in [3.8, 4) is 5.69 Å². The van der Waals surface area contributed by atoms with Gasteiger partial charge < -0.3 is 0 Å². The molecular formula is C28H40N2O. The molecule has 3 rings (SSSR count). The van der Waals surface area contributed by atoms with E-state index in [2.05, 4.69) is 29.3 Å². The van der Waals surface area contributed by atoms with Gasteiger partial charge in [0.05, 0.1) is 5.35 Å². The van der Waals surface area contributed by atoms with Crippen LogP contribution in [0.25, 0.3) is 17.8 Å². The maximum atomic E-state index is 12.7. The summed E-state index contributed by atoms with van der Waals surface area (Å²) in [5.74, 6) is 0. The Bertz CT molecular complexity index is 1020. The molecule has 3 heteroatoms. The van der Waals surface area contributed by atoms with Crippen LogP contribution in [-0.4, -0.2) is 10.3 Å². The summed E-state index contributed by atoms with van der Waals surface area (Å²) in [4.78, 5) is 16.7. The first-order valence-electron chi connectivity index (χ1n) is 11.4. The lowest BCUT2D eigenvalue weighted by Gasteiger charge is -2.10. The van der Waals surface area contributed by atoms with E-state index in [1.54, 1.807) is 6.20 Å². The zero-order valence-corrected chi connectivity index (χ0v) is 20.6. The topological polar surface area (TPSA) is 34.4 Å². The van der Waals surface area contributed by atoms with E-state index in [-0.39, 0.29) is 5.56 Å². The van der Waals surface area contributed by atoms with Crippen molar-refractivity contribution < 1.29 is 0 Å². The second-order valence-electron chi connectivity index (χ2n) is 6.43. The third-order valence-electron chi connectivity index (χ3n) is 4.08. The summed E-state index contributed by atoms with van der Waals surface area (Å²) in [7, 11) is 0. The van der Waals surface area contributed by atoms with Gasteiger partial charge in [-0.3, -0.25) is 14.4 Å². The Kier molecular flexibility index (Phi) is 15.2. The molecule has 1 aliphatic rings. The van der Waals surface area contributed by atoms with E-state index in [9.17, 15) is 4.79 Å². The quantitative estimate of drug-likeness (QED) is 0.563. The number of pyridine rings is 1. The van der Waals surface area contributed by atoms with Crippen molar-refractivity contribution in [3.05, 3.63) is 87.3 Å². The van der Waals surface area contributed by atoms with E-state index in [1.165, 1.54) is 0 Å². The minimum Gasteiger partial charge on any atom is -0.277 e. The third-order valence-corrected chi connectivity index (χ3v) is 4.08. The summed E-state index contributed by atoms with van der Waals surface area (Å²) in [5, 5.41) is 2.10. The summed E-state index contributed by atoms with van der Waals surface area (Å²) in [6.07, 6.45) is 13.6. The van der Waals surface area contributed by atoms with Gasteiger partial charge in [0, 0.05) is 23.2 Å². The summed E-state index contributed by atoms with van der Waals surface area (Å²) in [5.41, 5.74) is 2.96. The van der Waals surface area contributed by atoms with Crippen LogP contribution in [0.2, 0.25) is 0 Å². The van der Waals surface area contributed by atoms with Gasteiger partial charge in [-0.15, -0.1) is 0 Å². The Hall–Kier alpha value is -2.94. The molecule has 31 heavy (non-hydrogen) atoms. The van der Waals surface area contributed by atoms with Crippen molar-refractivity contribution in [1.82, 2.24) is 4.57 Å². The van der Waals surface area contributed by atoms with Crippen molar-refractivity contribution in [2.75, 3.05) is 0 Å².